The number of benzene rings is 2. The van der Waals surface area contributed by atoms with Crippen LogP contribution in [0, 0.1) is 0 Å². The number of nitrogens with zero attached hydrogens (tertiary/aromatic N) is 2. The van der Waals surface area contributed by atoms with Crippen molar-refractivity contribution in [2.75, 3.05) is 30.3 Å². The molecule has 1 N–H and O–H groups in total. The summed E-state index contributed by atoms with van der Waals surface area (Å²) >= 11 is 12.8. The van der Waals surface area contributed by atoms with Gasteiger partial charge >= 0.3 is 0 Å². The van der Waals surface area contributed by atoms with E-state index in [0.29, 0.717) is 53.2 Å². The van der Waals surface area contributed by atoms with E-state index >= 15 is 0 Å². The molecule has 0 saturated carbocycles. The lowest BCUT2D eigenvalue weighted by Crippen LogP contribution is -2.53. The highest BCUT2D eigenvalue weighted by molar-refractivity contribution is 7.92. The number of anilines is 1. The highest BCUT2D eigenvalue weighted by Crippen LogP contribution is 2.35. The zero-order chi connectivity index (χ0) is 28.0. The quantitative estimate of drug-likeness (QED) is 0.422. The largest absolute Gasteiger partial charge is 0.486 e. The van der Waals surface area contributed by atoms with Gasteiger partial charge in [0, 0.05) is 34.3 Å². The summed E-state index contributed by atoms with van der Waals surface area (Å²) in [7, 11) is -3.90. The number of fused-ring (bicyclic) bond motifs is 1. The molecule has 2 atom stereocenters. The van der Waals surface area contributed by atoms with Crippen molar-refractivity contribution in [2.24, 2.45) is 0 Å². The second kappa shape index (κ2) is 12.9. The average molecular weight is 587 g/mol. The number of hydrogen-bond acceptors (Lipinski definition) is 6. The van der Waals surface area contributed by atoms with Crippen molar-refractivity contribution >= 4 is 50.7 Å². The van der Waals surface area contributed by atoms with Gasteiger partial charge < -0.3 is 19.7 Å². The maximum Gasteiger partial charge on any atom is 0.244 e. The minimum Gasteiger partial charge on any atom is -0.486 e. The maximum absolute atomic E-state index is 13.8. The first-order valence-corrected chi connectivity index (χ1v) is 15.0. The second-order valence-corrected chi connectivity index (χ2v) is 11.8. The number of rotatable bonds is 11. The molecule has 12 heteroatoms. The van der Waals surface area contributed by atoms with Gasteiger partial charge in [-0.05, 0) is 44.0 Å². The molecule has 0 radical (unpaired) electrons. The van der Waals surface area contributed by atoms with Gasteiger partial charge in [-0.2, -0.15) is 0 Å². The molecule has 2 amide bonds. The van der Waals surface area contributed by atoms with Gasteiger partial charge in [-0.3, -0.25) is 13.9 Å². The Morgan fingerprint density at radius 2 is 1.66 bits per heavy atom. The van der Waals surface area contributed by atoms with Crippen molar-refractivity contribution in [3.63, 3.8) is 0 Å². The number of amides is 2. The van der Waals surface area contributed by atoms with Crippen LogP contribution in [0.25, 0.3) is 0 Å². The topological polar surface area (TPSA) is 105 Å². The van der Waals surface area contributed by atoms with E-state index < -0.39 is 28.5 Å². The van der Waals surface area contributed by atoms with Crippen molar-refractivity contribution in [3.05, 3.63) is 52.0 Å². The SMILES string of the molecule is CC[C@@H](C)NC(=O)[C@@H](CC)N(Cc1c(Cl)cccc1Cl)C(=O)CN(c1ccc2c(c1)OCCO2)S(C)(=O)=O. The van der Waals surface area contributed by atoms with Crippen LogP contribution in [0.15, 0.2) is 36.4 Å². The third-order valence-electron chi connectivity index (χ3n) is 6.27. The highest BCUT2D eigenvalue weighted by atomic mass is 35.5. The molecule has 0 spiro atoms. The molecule has 1 heterocycles. The summed E-state index contributed by atoms with van der Waals surface area (Å²) in [6, 6.07) is 8.64. The van der Waals surface area contributed by atoms with Gasteiger partial charge in [0.2, 0.25) is 21.8 Å². The lowest BCUT2D eigenvalue weighted by molar-refractivity contribution is -0.140. The molecule has 0 aliphatic carbocycles. The fourth-order valence-electron chi connectivity index (χ4n) is 4.02. The van der Waals surface area contributed by atoms with Crippen LogP contribution in [0.2, 0.25) is 10.0 Å². The lowest BCUT2D eigenvalue weighted by Gasteiger charge is -2.34. The van der Waals surface area contributed by atoms with Crippen LogP contribution >= 0.6 is 23.2 Å². The van der Waals surface area contributed by atoms with E-state index in [2.05, 4.69) is 5.32 Å². The predicted octanol–water partition coefficient (Wildman–Crippen LogP) is 4.25. The van der Waals surface area contributed by atoms with Crippen molar-refractivity contribution < 1.29 is 27.5 Å². The fraction of sp³-hybridized carbons (Fsp3) is 0.462. The first-order valence-electron chi connectivity index (χ1n) is 12.4. The highest BCUT2D eigenvalue weighted by Gasteiger charge is 2.33. The van der Waals surface area contributed by atoms with E-state index in [1.807, 2.05) is 13.8 Å². The molecule has 9 nitrogen and oxygen atoms in total. The first-order chi connectivity index (χ1) is 18.0. The normalized spacial score (nSPS) is 14.4. The molecule has 0 bridgehead atoms. The predicted molar refractivity (Wildman–Crippen MR) is 149 cm³/mol. The van der Waals surface area contributed by atoms with Crippen LogP contribution in [-0.4, -0.2) is 63.2 Å². The standard InChI is InChI=1S/C26H33Cl2N3O6S/c1-5-17(3)29-26(33)22(6-2)30(15-19-20(27)8-7-9-21(19)28)25(32)16-31(38(4,34)35)18-10-11-23-24(14-18)37-13-12-36-23/h7-11,14,17,22H,5-6,12-13,15-16H2,1-4H3,(H,29,33)/t17-,22-/m1/s1. The number of nitrogens with one attached hydrogen (secondary N) is 1. The summed E-state index contributed by atoms with van der Waals surface area (Å²) in [5.41, 5.74) is 0.696. The second-order valence-electron chi connectivity index (χ2n) is 9.06. The molecule has 0 unspecified atom stereocenters. The number of halogens is 2. The summed E-state index contributed by atoms with van der Waals surface area (Å²) in [6.07, 6.45) is 2.01. The molecule has 38 heavy (non-hydrogen) atoms. The van der Waals surface area contributed by atoms with Crippen molar-refractivity contribution in [1.82, 2.24) is 10.2 Å². The Morgan fingerprint density at radius 3 is 2.24 bits per heavy atom. The summed E-state index contributed by atoms with van der Waals surface area (Å²) < 4.78 is 37.8. The van der Waals surface area contributed by atoms with Crippen LogP contribution in [0.5, 0.6) is 11.5 Å². The van der Waals surface area contributed by atoms with Gasteiger partial charge in [-0.1, -0.05) is 43.1 Å². The lowest BCUT2D eigenvalue weighted by atomic mass is 10.1. The van der Waals surface area contributed by atoms with Crippen LogP contribution in [0.4, 0.5) is 5.69 Å². The molecule has 1 aliphatic rings. The maximum atomic E-state index is 13.8. The van der Waals surface area contributed by atoms with Crippen molar-refractivity contribution in [3.8, 4) is 11.5 Å². The van der Waals surface area contributed by atoms with Gasteiger partial charge in [-0.25, -0.2) is 8.42 Å². The number of carbonyl (C=O) groups is 2. The molecular weight excluding hydrogens is 553 g/mol. The average Bonchev–Trinajstić information content (AvgIpc) is 2.87. The number of hydrogen-bond donors (Lipinski definition) is 1. The summed E-state index contributed by atoms with van der Waals surface area (Å²) in [5, 5.41) is 3.58. The molecule has 2 aromatic carbocycles. The third kappa shape index (κ3) is 7.24. The van der Waals surface area contributed by atoms with Crippen LogP contribution in [0.1, 0.15) is 39.2 Å². The smallest absolute Gasteiger partial charge is 0.244 e. The third-order valence-corrected chi connectivity index (χ3v) is 8.12. The van der Waals surface area contributed by atoms with Gasteiger partial charge in [0.05, 0.1) is 11.9 Å². The van der Waals surface area contributed by atoms with Gasteiger partial charge in [0.25, 0.3) is 0 Å². The summed E-state index contributed by atoms with van der Waals surface area (Å²) in [6.45, 7) is 5.67. The van der Waals surface area contributed by atoms with Crippen molar-refractivity contribution in [1.29, 1.82) is 0 Å². The van der Waals surface area contributed by atoms with Gasteiger partial charge in [0.1, 0.15) is 25.8 Å². The molecule has 1 aliphatic heterocycles. The Balaban J connectivity index is 2.00. The van der Waals surface area contributed by atoms with Crippen LogP contribution in [-0.2, 0) is 26.2 Å². The van der Waals surface area contributed by atoms with E-state index in [9.17, 15) is 18.0 Å². The Labute approximate surface area is 234 Å². The van der Waals surface area contributed by atoms with Crippen LogP contribution < -0.4 is 19.1 Å². The van der Waals surface area contributed by atoms with Crippen LogP contribution in [0.3, 0.4) is 0 Å². The number of carbonyl (C=O) groups excluding carboxylic acids is 2. The number of sulfonamides is 1. The van der Waals surface area contributed by atoms with Crippen molar-refractivity contribution in [2.45, 2.75) is 52.2 Å². The fourth-order valence-corrected chi connectivity index (χ4v) is 5.37. The minimum atomic E-state index is -3.90. The zero-order valence-electron chi connectivity index (χ0n) is 21.9. The summed E-state index contributed by atoms with van der Waals surface area (Å²) in [5.74, 6) is -0.0625. The first kappa shape index (κ1) is 29.9. The molecule has 0 saturated heterocycles. The molecular formula is C26H33Cl2N3O6S. The van der Waals surface area contributed by atoms with Gasteiger partial charge in [-0.15, -0.1) is 0 Å². The van der Waals surface area contributed by atoms with Gasteiger partial charge in [0.15, 0.2) is 11.5 Å². The van der Waals surface area contributed by atoms with E-state index in [1.54, 1.807) is 37.3 Å². The molecule has 0 aromatic heterocycles. The number of ether oxygens (including phenoxy) is 2. The van der Waals surface area contributed by atoms with E-state index in [1.165, 1.54) is 11.0 Å². The Kier molecular flexibility index (Phi) is 10.1. The van der Waals surface area contributed by atoms with E-state index in [4.69, 9.17) is 32.7 Å². The van der Waals surface area contributed by atoms with E-state index in [0.717, 1.165) is 10.6 Å². The summed E-state index contributed by atoms with van der Waals surface area (Å²) in [4.78, 5) is 28.4. The Morgan fingerprint density at radius 1 is 1.03 bits per heavy atom. The molecule has 2 aromatic rings. The Hall–Kier alpha value is -2.69. The minimum absolute atomic E-state index is 0.0808. The molecule has 3 rings (SSSR count). The molecule has 208 valence electrons. The monoisotopic (exact) mass is 585 g/mol. The Bertz CT molecular complexity index is 1250. The molecule has 0 fully saturated rings. The van der Waals surface area contributed by atoms with E-state index in [-0.39, 0.29) is 24.2 Å². The zero-order valence-corrected chi connectivity index (χ0v) is 24.2.